The number of hydrogen-bond acceptors (Lipinski definition) is 3. The molecule has 1 nitrogen and oxygen atoms in total. The van der Waals surface area contributed by atoms with Gasteiger partial charge in [-0.25, -0.2) is 0 Å². The molecule has 1 aromatic rings. The van der Waals surface area contributed by atoms with Crippen molar-refractivity contribution < 1.29 is 0 Å². The highest BCUT2D eigenvalue weighted by atomic mass is 33.1. The second kappa shape index (κ2) is 7.44. The van der Waals surface area contributed by atoms with E-state index >= 15 is 0 Å². The minimum atomic E-state index is -0.154. The third kappa shape index (κ3) is 4.59. The van der Waals surface area contributed by atoms with Crippen LogP contribution in [0.25, 0.3) is 0 Å². The zero-order valence-electron chi connectivity index (χ0n) is 8.56. The van der Waals surface area contributed by atoms with Crippen molar-refractivity contribution >= 4 is 34.9 Å². The van der Waals surface area contributed by atoms with E-state index in [1.165, 1.54) is 17.2 Å². The van der Waals surface area contributed by atoms with E-state index in [9.17, 15) is 0 Å². The predicted molar refractivity (Wildman–Crippen MR) is 73.2 cm³/mol. The van der Waals surface area contributed by atoms with Crippen molar-refractivity contribution in [2.75, 3.05) is 16.6 Å². The molecule has 0 atom stereocenters. The first-order valence-electron chi connectivity index (χ1n) is 4.74. The number of rotatable bonds is 6. The average Bonchev–Trinajstić information content (AvgIpc) is 2.20. The van der Waals surface area contributed by atoms with Crippen LogP contribution in [0.5, 0.6) is 0 Å². The zero-order chi connectivity index (χ0) is 10.2. The van der Waals surface area contributed by atoms with E-state index in [2.05, 4.69) is 43.2 Å². The van der Waals surface area contributed by atoms with Gasteiger partial charge in [-0.05, 0) is 23.6 Å². The van der Waals surface area contributed by atoms with E-state index in [0.717, 1.165) is 0 Å². The number of anilines is 1. The molecule has 14 heavy (non-hydrogen) atoms. The summed E-state index contributed by atoms with van der Waals surface area (Å²) in [6, 6.07) is 10.4. The minimum Gasteiger partial charge on any atom is -0.348 e. The van der Waals surface area contributed by atoms with E-state index < -0.39 is 0 Å². The van der Waals surface area contributed by atoms with Gasteiger partial charge in [-0.15, -0.1) is 22.8 Å². The Balaban J connectivity index is 2.46. The van der Waals surface area contributed by atoms with Crippen LogP contribution in [-0.2, 0) is 0 Å². The Morgan fingerprint density at radius 3 is 2.14 bits per heavy atom. The van der Waals surface area contributed by atoms with Gasteiger partial charge in [0.25, 0.3) is 0 Å². The Morgan fingerprint density at radius 2 is 1.64 bits per heavy atom. The molecule has 0 saturated carbocycles. The molecule has 1 aromatic carbocycles. The van der Waals surface area contributed by atoms with Crippen molar-refractivity contribution in [3.8, 4) is 0 Å². The van der Waals surface area contributed by atoms with Crippen molar-refractivity contribution in [2.45, 2.75) is 13.8 Å². The van der Waals surface area contributed by atoms with Gasteiger partial charge in [-0.2, -0.15) is 0 Å². The monoisotopic (exact) mass is 245 g/mol. The lowest BCUT2D eigenvalue weighted by Crippen LogP contribution is -1.86. The fourth-order valence-corrected chi connectivity index (χ4v) is 7.21. The fraction of sp³-hybridized carbons (Fsp3) is 0.400. The highest BCUT2D eigenvalue weighted by Crippen LogP contribution is 2.59. The first-order valence-corrected chi connectivity index (χ1v) is 9.26. The Kier molecular flexibility index (Phi) is 6.50. The van der Waals surface area contributed by atoms with Gasteiger partial charge in [-0.3, -0.25) is 0 Å². The summed E-state index contributed by atoms with van der Waals surface area (Å²) >= 11 is 4.02. The Hall–Kier alpha value is 0.150. The van der Waals surface area contributed by atoms with E-state index in [0.29, 0.717) is 0 Å². The number of para-hydroxylation sites is 1. The SMILES string of the molecule is CCSP(Nc1ccccc1)SCC. The van der Waals surface area contributed by atoms with Crippen molar-refractivity contribution in [3.05, 3.63) is 30.3 Å². The molecule has 1 N–H and O–H groups in total. The molecule has 0 amide bonds. The van der Waals surface area contributed by atoms with Crippen LogP contribution in [0.3, 0.4) is 0 Å². The highest BCUT2D eigenvalue weighted by Gasteiger charge is 2.06. The van der Waals surface area contributed by atoms with Gasteiger partial charge in [0.05, 0.1) is 0 Å². The fourth-order valence-electron chi connectivity index (χ4n) is 0.954. The van der Waals surface area contributed by atoms with Gasteiger partial charge in [0.1, 0.15) is 6.48 Å². The molecule has 78 valence electrons. The summed E-state index contributed by atoms with van der Waals surface area (Å²) in [6.45, 7) is 4.27. The average molecular weight is 245 g/mol. The summed E-state index contributed by atoms with van der Waals surface area (Å²) in [6.07, 6.45) is 0. The third-order valence-corrected chi connectivity index (χ3v) is 8.31. The summed E-state index contributed by atoms with van der Waals surface area (Å²) in [5, 5.41) is 3.57. The molecule has 0 radical (unpaired) electrons. The molecule has 1 rings (SSSR count). The van der Waals surface area contributed by atoms with Crippen LogP contribution in [0.1, 0.15) is 13.8 Å². The third-order valence-electron chi connectivity index (χ3n) is 1.49. The summed E-state index contributed by atoms with van der Waals surface area (Å²) in [5.41, 5.74) is 1.24. The second-order valence-electron chi connectivity index (χ2n) is 2.57. The first-order chi connectivity index (χ1) is 6.86. The number of benzene rings is 1. The van der Waals surface area contributed by atoms with Crippen molar-refractivity contribution in [2.24, 2.45) is 0 Å². The van der Waals surface area contributed by atoms with Crippen LogP contribution in [0.4, 0.5) is 5.69 Å². The second-order valence-corrected chi connectivity index (χ2v) is 9.41. The molecule has 0 fully saturated rings. The maximum atomic E-state index is 3.57. The smallest absolute Gasteiger partial charge is 0.112 e. The zero-order valence-corrected chi connectivity index (χ0v) is 11.1. The number of nitrogens with one attached hydrogen (secondary N) is 1. The van der Waals surface area contributed by atoms with E-state index in [4.69, 9.17) is 0 Å². The molecule has 0 unspecified atom stereocenters. The van der Waals surface area contributed by atoms with Gasteiger partial charge < -0.3 is 5.09 Å². The normalized spacial score (nSPS) is 10.5. The maximum absolute atomic E-state index is 3.57. The Bertz CT molecular complexity index is 237. The molecule has 4 heteroatoms. The maximum Gasteiger partial charge on any atom is 0.112 e. The van der Waals surface area contributed by atoms with Crippen molar-refractivity contribution in [1.29, 1.82) is 0 Å². The van der Waals surface area contributed by atoms with Crippen LogP contribution in [0.2, 0.25) is 0 Å². The number of hydrogen-bond donors (Lipinski definition) is 1. The summed E-state index contributed by atoms with van der Waals surface area (Å²) in [7, 11) is 0. The van der Waals surface area contributed by atoms with Crippen molar-refractivity contribution in [1.82, 2.24) is 0 Å². The molecular weight excluding hydrogens is 229 g/mol. The van der Waals surface area contributed by atoms with E-state index in [1.54, 1.807) is 0 Å². The van der Waals surface area contributed by atoms with Crippen LogP contribution in [0.15, 0.2) is 30.3 Å². The lowest BCUT2D eigenvalue weighted by atomic mass is 10.3. The van der Waals surface area contributed by atoms with Crippen LogP contribution >= 0.6 is 29.2 Å². The first kappa shape index (κ1) is 12.2. The molecule has 0 heterocycles. The standard InChI is InChI=1S/C10H16NPS2/c1-3-13-12(14-4-2)11-10-8-6-5-7-9-10/h5-9,11H,3-4H2,1-2H3. The van der Waals surface area contributed by atoms with Crippen LogP contribution in [0, 0.1) is 0 Å². The molecule has 0 spiro atoms. The molecule has 0 aliphatic rings. The molecule has 0 saturated heterocycles. The van der Waals surface area contributed by atoms with E-state index in [-0.39, 0.29) is 6.48 Å². The summed E-state index contributed by atoms with van der Waals surface area (Å²) in [5.74, 6) is 2.36. The molecule has 0 aromatic heterocycles. The molecule has 0 aliphatic heterocycles. The summed E-state index contributed by atoms with van der Waals surface area (Å²) < 4.78 is 0. The summed E-state index contributed by atoms with van der Waals surface area (Å²) in [4.78, 5) is 0. The Labute approximate surface area is 95.7 Å². The quantitative estimate of drug-likeness (QED) is 0.721. The van der Waals surface area contributed by atoms with Crippen LogP contribution in [-0.4, -0.2) is 11.5 Å². The highest BCUT2D eigenvalue weighted by molar-refractivity contribution is 8.88. The van der Waals surface area contributed by atoms with Gasteiger partial charge in [0, 0.05) is 5.69 Å². The van der Waals surface area contributed by atoms with Gasteiger partial charge >= 0.3 is 0 Å². The van der Waals surface area contributed by atoms with Crippen LogP contribution < -0.4 is 5.09 Å². The molecule has 0 aliphatic carbocycles. The minimum absolute atomic E-state index is 0.154. The van der Waals surface area contributed by atoms with Gasteiger partial charge in [-0.1, -0.05) is 32.0 Å². The van der Waals surface area contributed by atoms with Gasteiger partial charge in [0.15, 0.2) is 0 Å². The lowest BCUT2D eigenvalue weighted by Gasteiger charge is -2.16. The largest absolute Gasteiger partial charge is 0.348 e. The topological polar surface area (TPSA) is 12.0 Å². The van der Waals surface area contributed by atoms with E-state index in [1.807, 2.05) is 28.8 Å². The van der Waals surface area contributed by atoms with Crippen molar-refractivity contribution in [3.63, 3.8) is 0 Å². The molecular formula is C10H16NPS2. The molecule has 0 bridgehead atoms. The Morgan fingerprint density at radius 1 is 1.07 bits per heavy atom. The van der Waals surface area contributed by atoms with Gasteiger partial charge in [0.2, 0.25) is 0 Å². The lowest BCUT2D eigenvalue weighted by molar-refractivity contribution is 1.54. The predicted octanol–water partition coefficient (Wildman–Crippen LogP) is 4.83.